The van der Waals surface area contributed by atoms with Gasteiger partial charge in [0.05, 0.1) is 4.92 Å². The first-order valence-corrected chi connectivity index (χ1v) is 6.97. The zero-order valence-corrected chi connectivity index (χ0v) is 13.1. The molecule has 0 aromatic heterocycles. The predicted octanol–water partition coefficient (Wildman–Crippen LogP) is 1.65. The Morgan fingerprint density at radius 2 is 2.23 bits per heavy atom. The Bertz CT molecular complexity index is 527. The number of ether oxygens (including phenoxy) is 1. The third kappa shape index (κ3) is 4.85. The van der Waals surface area contributed by atoms with Crippen molar-refractivity contribution in [1.29, 1.82) is 0 Å². The molecule has 1 aromatic rings. The molecule has 2 N–H and O–H groups in total. The van der Waals surface area contributed by atoms with Gasteiger partial charge in [-0.15, -0.1) is 12.4 Å². The second-order valence-electron chi connectivity index (χ2n) is 5.07. The van der Waals surface area contributed by atoms with Crippen molar-refractivity contribution in [3.05, 3.63) is 34.4 Å². The number of nitrogens with one attached hydrogen (secondary N) is 2. The van der Waals surface area contributed by atoms with Gasteiger partial charge < -0.3 is 15.4 Å². The van der Waals surface area contributed by atoms with Crippen molar-refractivity contribution in [2.75, 3.05) is 13.2 Å². The Morgan fingerprint density at radius 1 is 1.50 bits per heavy atom. The number of carbonyl (C=O) groups excluding carboxylic acids is 1. The fourth-order valence-corrected chi connectivity index (χ4v) is 2.36. The molecular weight excluding hydrogens is 310 g/mol. The van der Waals surface area contributed by atoms with Gasteiger partial charge in [0.1, 0.15) is 0 Å². The second-order valence-corrected chi connectivity index (χ2v) is 5.07. The first-order valence-electron chi connectivity index (χ1n) is 6.97. The van der Waals surface area contributed by atoms with Crippen molar-refractivity contribution in [2.24, 2.45) is 0 Å². The number of rotatable bonds is 5. The average molecular weight is 330 g/mol. The molecule has 0 saturated carbocycles. The lowest BCUT2D eigenvalue weighted by Crippen LogP contribution is -2.52. The summed E-state index contributed by atoms with van der Waals surface area (Å²) < 4.78 is 5.26. The molecule has 0 radical (unpaired) electrons. The van der Waals surface area contributed by atoms with E-state index in [1.807, 2.05) is 6.92 Å². The predicted molar refractivity (Wildman–Crippen MR) is 84.5 cm³/mol. The van der Waals surface area contributed by atoms with Crippen LogP contribution in [0.5, 0.6) is 5.75 Å². The van der Waals surface area contributed by atoms with Gasteiger partial charge in [0, 0.05) is 18.2 Å². The van der Waals surface area contributed by atoms with Crippen LogP contribution in [0.2, 0.25) is 0 Å². The molecule has 122 valence electrons. The van der Waals surface area contributed by atoms with E-state index in [-0.39, 0.29) is 48.4 Å². The van der Waals surface area contributed by atoms with E-state index in [0.717, 1.165) is 19.4 Å². The molecule has 1 heterocycles. The average Bonchev–Trinajstić information content (AvgIpc) is 2.48. The van der Waals surface area contributed by atoms with Crippen molar-refractivity contribution >= 4 is 24.0 Å². The monoisotopic (exact) mass is 329 g/mol. The van der Waals surface area contributed by atoms with Gasteiger partial charge >= 0.3 is 5.69 Å². The van der Waals surface area contributed by atoms with Crippen LogP contribution in [-0.2, 0) is 4.79 Å². The molecule has 2 atom stereocenters. The summed E-state index contributed by atoms with van der Waals surface area (Å²) in [5, 5.41) is 17.0. The van der Waals surface area contributed by atoms with E-state index < -0.39 is 4.92 Å². The quantitative estimate of drug-likeness (QED) is 0.633. The number of hydrogen-bond acceptors (Lipinski definition) is 5. The summed E-state index contributed by atoms with van der Waals surface area (Å²) in [4.78, 5) is 22.2. The van der Waals surface area contributed by atoms with Gasteiger partial charge in [0.15, 0.2) is 12.4 Å². The third-order valence-corrected chi connectivity index (χ3v) is 3.53. The number of halogens is 1. The minimum absolute atomic E-state index is 0. The molecule has 0 spiro atoms. The van der Waals surface area contributed by atoms with E-state index in [2.05, 4.69) is 10.6 Å². The topological polar surface area (TPSA) is 93.5 Å². The molecule has 1 aromatic carbocycles. The van der Waals surface area contributed by atoms with Gasteiger partial charge in [0.2, 0.25) is 0 Å². The molecule has 2 rings (SSSR count). The third-order valence-electron chi connectivity index (χ3n) is 3.53. The van der Waals surface area contributed by atoms with E-state index in [1.54, 1.807) is 12.1 Å². The van der Waals surface area contributed by atoms with E-state index in [0.29, 0.717) is 0 Å². The summed E-state index contributed by atoms with van der Waals surface area (Å²) >= 11 is 0. The van der Waals surface area contributed by atoms with Crippen LogP contribution in [0.1, 0.15) is 19.8 Å². The molecule has 2 unspecified atom stereocenters. The smallest absolute Gasteiger partial charge is 0.310 e. The minimum atomic E-state index is -0.527. The number of nitrogens with zero attached hydrogens (tertiary/aromatic N) is 1. The van der Waals surface area contributed by atoms with Gasteiger partial charge in [-0.2, -0.15) is 0 Å². The Hall–Kier alpha value is -1.86. The molecule has 0 aliphatic carbocycles. The molecule has 22 heavy (non-hydrogen) atoms. The molecule has 0 bridgehead atoms. The highest BCUT2D eigenvalue weighted by Gasteiger charge is 2.23. The van der Waals surface area contributed by atoms with Crippen molar-refractivity contribution in [2.45, 2.75) is 31.8 Å². The number of carbonyl (C=O) groups is 1. The number of hydrogen-bond donors (Lipinski definition) is 2. The van der Waals surface area contributed by atoms with Crippen molar-refractivity contribution in [3.8, 4) is 5.75 Å². The molecule has 1 aliphatic rings. The largest absolute Gasteiger partial charge is 0.477 e. The van der Waals surface area contributed by atoms with Crippen LogP contribution < -0.4 is 15.4 Å². The maximum atomic E-state index is 11.9. The standard InChI is InChI=1S/C14H19N3O4.ClH/c1-10-11(5-4-8-15-10)16-14(18)9-21-13-7-3-2-6-12(13)17(19)20;/h2-3,6-7,10-11,15H,4-5,8-9H2,1H3,(H,16,18);1H. The summed E-state index contributed by atoms with van der Waals surface area (Å²) in [6, 6.07) is 6.30. The highest BCUT2D eigenvalue weighted by atomic mass is 35.5. The van der Waals surface area contributed by atoms with Crippen LogP contribution in [0.3, 0.4) is 0 Å². The number of para-hydroxylation sites is 2. The van der Waals surface area contributed by atoms with E-state index >= 15 is 0 Å². The fraction of sp³-hybridized carbons (Fsp3) is 0.500. The number of nitro benzene ring substituents is 1. The SMILES string of the molecule is CC1NCCCC1NC(=O)COc1ccccc1[N+](=O)[O-].Cl. The lowest BCUT2D eigenvalue weighted by Gasteiger charge is -2.30. The Balaban J connectivity index is 0.00000242. The van der Waals surface area contributed by atoms with Crippen LogP contribution in [0, 0.1) is 10.1 Å². The van der Waals surface area contributed by atoms with Gasteiger partial charge in [-0.05, 0) is 32.4 Å². The zero-order valence-electron chi connectivity index (χ0n) is 12.3. The Morgan fingerprint density at radius 3 is 2.91 bits per heavy atom. The van der Waals surface area contributed by atoms with Crippen LogP contribution in [0.25, 0.3) is 0 Å². The van der Waals surface area contributed by atoms with Gasteiger partial charge in [-0.25, -0.2) is 0 Å². The molecular formula is C14H20ClN3O4. The minimum Gasteiger partial charge on any atom is -0.477 e. The summed E-state index contributed by atoms with van der Waals surface area (Å²) in [6.45, 7) is 2.75. The molecule has 8 heteroatoms. The van der Waals surface area contributed by atoms with E-state index in [9.17, 15) is 14.9 Å². The summed E-state index contributed by atoms with van der Waals surface area (Å²) in [6.07, 6.45) is 1.94. The normalized spacial score (nSPS) is 20.6. The Kier molecular flexibility index (Phi) is 7.07. The molecule has 7 nitrogen and oxygen atoms in total. The molecule has 1 amide bonds. The fourth-order valence-electron chi connectivity index (χ4n) is 2.36. The lowest BCUT2D eigenvalue weighted by molar-refractivity contribution is -0.385. The highest BCUT2D eigenvalue weighted by molar-refractivity contribution is 5.85. The highest BCUT2D eigenvalue weighted by Crippen LogP contribution is 2.25. The van der Waals surface area contributed by atoms with Gasteiger partial charge in [-0.1, -0.05) is 12.1 Å². The van der Waals surface area contributed by atoms with Crippen LogP contribution in [0.4, 0.5) is 5.69 Å². The first kappa shape index (κ1) is 18.2. The van der Waals surface area contributed by atoms with Crippen molar-refractivity contribution < 1.29 is 14.5 Å². The van der Waals surface area contributed by atoms with Crippen molar-refractivity contribution in [1.82, 2.24) is 10.6 Å². The molecule has 1 saturated heterocycles. The van der Waals surface area contributed by atoms with Crippen LogP contribution >= 0.6 is 12.4 Å². The number of piperidine rings is 1. The number of amides is 1. The first-order chi connectivity index (χ1) is 10.1. The number of benzene rings is 1. The summed E-state index contributed by atoms with van der Waals surface area (Å²) in [5.74, 6) is -0.166. The van der Waals surface area contributed by atoms with Crippen molar-refractivity contribution in [3.63, 3.8) is 0 Å². The summed E-state index contributed by atoms with van der Waals surface area (Å²) in [7, 11) is 0. The van der Waals surface area contributed by atoms with Gasteiger partial charge in [0.25, 0.3) is 5.91 Å². The Labute approximate surface area is 135 Å². The summed E-state index contributed by atoms with van der Waals surface area (Å²) in [5.41, 5.74) is -0.141. The van der Waals surface area contributed by atoms with Crippen LogP contribution in [0.15, 0.2) is 24.3 Å². The molecule has 1 fully saturated rings. The maximum absolute atomic E-state index is 11.9. The van der Waals surface area contributed by atoms with E-state index in [1.165, 1.54) is 12.1 Å². The molecule has 1 aliphatic heterocycles. The van der Waals surface area contributed by atoms with Crippen LogP contribution in [-0.4, -0.2) is 36.1 Å². The van der Waals surface area contributed by atoms with E-state index in [4.69, 9.17) is 4.74 Å². The maximum Gasteiger partial charge on any atom is 0.310 e. The lowest BCUT2D eigenvalue weighted by atomic mass is 10.00. The zero-order chi connectivity index (χ0) is 15.2. The second kappa shape index (κ2) is 8.55. The van der Waals surface area contributed by atoms with Gasteiger partial charge in [-0.3, -0.25) is 14.9 Å². The number of nitro groups is 1.